The van der Waals surface area contributed by atoms with E-state index in [1.54, 1.807) is 12.4 Å². The van der Waals surface area contributed by atoms with Gasteiger partial charge >= 0.3 is 0 Å². The van der Waals surface area contributed by atoms with Crippen molar-refractivity contribution in [3.05, 3.63) is 82.9 Å². The molecule has 1 unspecified atom stereocenters. The molecule has 0 spiro atoms. The first-order valence-electron chi connectivity index (χ1n) is 11.1. The summed E-state index contributed by atoms with van der Waals surface area (Å²) in [5.74, 6) is 1.53. The lowest BCUT2D eigenvalue weighted by molar-refractivity contribution is 0.0941. The third-order valence-electron chi connectivity index (χ3n) is 6.05. The van der Waals surface area contributed by atoms with Gasteiger partial charge in [0.1, 0.15) is 11.9 Å². The van der Waals surface area contributed by atoms with Gasteiger partial charge in [-0.2, -0.15) is 0 Å². The minimum absolute atomic E-state index is 0.235. The van der Waals surface area contributed by atoms with E-state index in [2.05, 4.69) is 20.2 Å². The zero-order valence-electron chi connectivity index (χ0n) is 17.9. The first kappa shape index (κ1) is 20.7. The number of halogens is 1. The number of fused-ring (bicyclic) bond motifs is 1. The van der Waals surface area contributed by atoms with E-state index in [1.165, 1.54) is 12.8 Å². The van der Waals surface area contributed by atoms with Gasteiger partial charge in [0.05, 0.1) is 6.61 Å². The van der Waals surface area contributed by atoms with Crippen LogP contribution in [0.3, 0.4) is 0 Å². The second-order valence-corrected chi connectivity index (χ2v) is 8.69. The lowest BCUT2D eigenvalue weighted by atomic mass is 9.97. The minimum Gasteiger partial charge on any atom is -0.493 e. The fourth-order valence-electron chi connectivity index (χ4n) is 4.02. The monoisotopic (exact) mass is 434 g/mol. The summed E-state index contributed by atoms with van der Waals surface area (Å²) < 4.78 is 20.8. The number of nitrogens with one attached hydrogen (secondary N) is 2. The average molecular weight is 435 g/mol. The molecule has 2 aromatic carbocycles. The van der Waals surface area contributed by atoms with E-state index < -0.39 is 6.17 Å². The van der Waals surface area contributed by atoms with Crippen molar-refractivity contribution in [2.45, 2.75) is 38.6 Å². The highest BCUT2D eigenvalue weighted by molar-refractivity contribution is 5.90. The number of ether oxygens (including phenoxy) is 1. The number of aromatic nitrogens is 2. The topological polar surface area (TPSA) is 70.2 Å². The standard InChI is InChI=1S/C25H27FN4O2/c26-23-15-30(14-20-7-8-21(11-22(20)23)32-16-19-5-6-19)13-18-3-1-17(2-4-18)12-29-25(31)24-27-9-10-28-24/h1-4,7-11,19,23H,5-6,12-16H2,(H,27,28)(H,29,31). The highest BCUT2D eigenvalue weighted by Crippen LogP contribution is 2.34. The number of benzene rings is 2. The van der Waals surface area contributed by atoms with E-state index in [0.717, 1.165) is 41.2 Å². The molecule has 7 heteroatoms. The Morgan fingerprint density at radius 1 is 1.19 bits per heavy atom. The number of carbonyl (C=O) groups is 1. The molecule has 1 aliphatic heterocycles. The van der Waals surface area contributed by atoms with Gasteiger partial charge in [-0.3, -0.25) is 9.69 Å². The molecule has 1 fully saturated rings. The summed E-state index contributed by atoms with van der Waals surface area (Å²) in [6, 6.07) is 13.9. The number of alkyl halides is 1. The molecule has 1 saturated carbocycles. The summed E-state index contributed by atoms with van der Waals surface area (Å²) in [5.41, 5.74) is 3.91. The summed E-state index contributed by atoms with van der Waals surface area (Å²) in [6.07, 6.45) is 4.64. The fourth-order valence-corrected chi connectivity index (χ4v) is 4.02. The number of imidazole rings is 1. The molecule has 1 amide bonds. The molecular formula is C25H27FN4O2. The number of rotatable bonds is 8. The van der Waals surface area contributed by atoms with E-state index in [-0.39, 0.29) is 5.91 Å². The number of amides is 1. The van der Waals surface area contributed by atoms with Gasteiger partial charge in [0, 0.05) is 38.6 Å². The number of hydrogen-bond acceptors (Lipinski definition) is 4. The van der Waals surface area contributed by atoms with E-state index in [0.29, 0.717) is 31.4 Å². The minimum atomic E-state index is -1.01. The molecule has 2 N–H and O–H groups in total. The maximum Gasteiger partial charge on any atom is 0.287 e. The van der Waals surface area contributed by atoms with E-state index in [1.807, 2.05) is 42.5 Å². The Bertz CT molecular complexity index is 1060. The molecule has 0 saturated heterocycles. The quantitative estimate of drug-likeness (QED) is 0.559. The number of aromatic amines is 1. The normalized spacial score (nSPS) is 18.2. The van der Waals surface area contributed by atoms with Crippen LogP contribution in [0.25, 0.3) is 0 Å². The zero-order chi connectivity index (χ0) is 21.9. The van der Waals surface area contributed by atoms with Crippen molar-refractivity contribution in [3.8, 4) is 5.75 Å². The van der Waals surface area contributed by atoms with Crippen molar-refractivity contribution < 1.29 is 13.9 Å². The molecule has 2 heterocycles. The van der Waals surface area contributed by atoms with Crippen molar-refractivity contribution in [2.75, 3.05) is 13.2 Å². The lowest BCUT2D eigenvalue weighted by Crippen LogP contribution is -2.31. The van der Waals surface area contributed by atoms with Gasteiger partial charge in [-0.25, -0.2) is 9.37 Å². The van der Waals surface area contributed by atoms with Gasteiger partial charge in [0.25, 0.3) is 5.91 Å². The van der Waals surface area contributed by atoms with Crippen LogP contribution in [-0.4, -0.2) is 33.9 Å². The maximum absolute atomic E-state index is 14.9. The second-order valence-electron chi connectivity index (χ2n) is 8.69. The molecule has 32 heavy (non-hydrogen) atoms. The Kier molecular flexibility index (Phi) is 5.90. The second kappa shape index (κ2) is 9.12. The van der Waals surface area contributed by atoms with Crippen LogP contribution in [0.4, 0.5) is 4.39 Å². The third-order valence-corrected chi connectivity index (χ3v) is 6.05. The van der Waals surface area contributed by atoms with Crippen molar-refractivity contribution in [3.63, 3.8) is 0 Å². The molecule has 166 valence electrons. The van der Waals surface area contributed by atoms with Crippen LogP contribution in [0.15, 0.2) is 54.9 Å². The summed E-state index contributed by atoms with van der Waals surface area (Å²) >= 11 is 0. The van der Waals surface area contributed by atoms with Crippen LogP contribution in [0.1, 0.15) is 51.9 Å². The molecular weight excluding hydrogens is 407 g/mol. The molecule has 1 aromatic heterocycles. The highest BCUT2D eigenvalue weighted by atomic mass is 19.1. The number of carbonyl (C=O) groups excluding carboxylic acids is 1. The Morgan fingerprint density at radius 2 is 2.00 bits per heavy atom. The van der Waals surface area contributed by atoms with E-state index >= 15 is 0 Å². The summed E-state index contributed by atoms with van der Waals surface area (Å²) in [5, 5.41) is 2.84. The van der Waals surface area contributed by atoms with Gasteiger partial charge in [-0.05, 0) is 53.1 Å². The molecule has 2 aliphatic rings. The molecule has 0 bridgehead atoms. The van der Waals surface area contributed by atoms with Crippen LogP contribution >= 0.6 is 0 Å². The highest BCUT2D eigenvalue weighted by Gasteiger charge is 2.26. The summed E-state index contributed by atoms with van der Waals surface area (Å²) in [7, 11) is 0. The van der Waals surface area contributed by atoms with E-state index in [4.69, 9.17) is 4.74 Å². The Labute approximate surface area is 186 Å². The van der Waals surface area contributed by atoms with Crippen LogP contribution in [0.5, 0.6) is 5.75 Å². The molecule has 0 radical (unpaired) electrons. The first-order chi connectivity index (χ1) is 15.6. The number of H-pyrrole nitrogens is 1. The van der Waals surface area contributed by atoms with Crippen LogP contribution in [-0.2, 0) is 19.6 Å². The maximum atomic E-state index is 14.9. The number of nitrogens with zero attached hydrogens (tertiary/aromatic N) is 2. The Morgan fingerprint density at radius 3 is 2.75 bits per heavy atom. The summed E-state index contributed by atoms with van der Waals surface area (Å²) in [4.78, 5) is 20.8. The van der Waals surface area contributed by atoms with Gasteiger partial charge in [0.15, 0.2) is 5.82 Å². The molecule has 1 aliphatic carbocycles. The molecule has 1 atom stereocenters. The smallest absolute Gasteiger partial charge is 0.287 e. The predicted molar refractivity (Wildman–Crippen MR) is 119 cm³/mol. The van der Waals surface area contributed by atoms with Gasteiger partial charge in [-0.1, -0.05) is 30.3 Å². The van der Waals surface area contributed by atoms with Gasteiger partial charge in [0.2, 0.25) is 0 Å². The fraction of sp³-hybridized carbons (Fsp3) is 0.360. The zero-order valence-corrected chi connectivity index (χ0v) is 17.9. The van der Waals surface area contributed by atoms with Crippen LogP contribution in [0, 0.1) is 5.92 Å². The first-order valence-corrected chi connectivity index (χ1v) is 11.1. The van der Waals surface area contributed by atoms with Crippen molar-refractivity contribution in [1.29, 1.82) is 0 Å². The molecule has 5 rings (SSSR count). The van der Waals surface area contributed by atoms with Gasteiger partial charge < -0.3 is 15.0 Å². The largest absolute Gasteiger partial charge is 0.493 e. The van der Waals surface area contributed by atoms with Gasteiger partial charge in [-0.15, -0.1) is 0 Å². The Balaban J connectivity index is 1.15. The SMILES string of the molecule is O=C(NCc1ccc(CN2Cc3ccc(OCC4CC4)cc3C(F)C2)cc1)c1ncc[nH]1. The van der Waals surface area contributed by atoms with Crippen molar-refractivity contribution in [1.82, 2.24) is 20.2 Å². The lowest BCUT2D eigenvalue weighted by Gasteiger charge is -2.31. The number of hydrogen-bond donors (Lipinski definition) is 2. The van der Waals surface area contributed by atoms with E-state index in [9.17, 15) is 9.18 Å². The average Bonchev–Trinajstić information content (AvgIpc) is 3.47. The van der Waals surface area contributed by atoms with Crippen LogP contribution in [0.2, 0.25) is 0 Å². The molecule has 6 nitrogen and oxygen atoms in total. The van der Waals surface area contributed by atoms with Crippen LogP contribution < -0.4 is 10.1 Å². The van der Waals surface area contributed by atoms with Crippen molar-refractivity contribution in [2.24, 2.45) is 5.92 Å². The Hall–Kier alpha value is -3.19. The summed E-state index contributed by atoms with van der Waals surface area (Å²) in [6.45, 7) is 2.94. The predicted octanol–water partition coefficient (Wildman–Crippen LogP) is 4.15. The molecule has 3 aromatic rings. The van der Waals surface area contributed by atoms with Crippen molar-refractivity contribution >= 4 is 5.91 Å². The third kappa shape index (κ3) is 4.99.